The summed E-state index contributed by atoms with van der Waals surface area (Å²) in [4.78, 5) is 14.0. The van der Waals surface area contributed by atoms with Crippen LogP contribution in [-0.2, 0) is 20.4 Å². The second kappa shape index (κ2) is 7.51. The Kier molecular flexibility index (Phi) is 6.10. The van der Waals surface area contributed by atoms with Crippen molar-refractivity contribution in [3.63, 3.8) is 0 Å². The topological polar surface area (TPSA) is 66.5 Å². The third-order valence-corrected chi connectivity index (χ3v) is 6.31. The van der Waals surface area contributed by atoms with Crippen LogP contribution in [0.2, 0.25) is 0 Å². The maximum atomic E-state index is 12.3. The van der Waals surface area contributed by atoms with Gasteiger partial charge in [-0.15, -0.1) is 12.4 Å². The van der Waals surface area contributed by atoms with E-state index in [2.05, 4.69) is 21.2 Å². The predicted molar refractivity (Wildman–Crippen MR) is 95.3 cm³/mol. The van der Waals surface area contributed by atoms with Gasteiger partial charge in [-0.1, -0.05) is 28.1 Å². The first-order valence-corrected chi connectivity index (χ1v) is 9.98. The van der Waals surface area contributed by atoms with Crippen LogP contribution in [0.4, 0.5) is 0 Å². The molecule has 0 radical (unpaired) electrons. The van der Waals surface area contributed by atoms with Gasteiger partial charge in [0.1, 0.15) is 5.75 Å². The summed E-state index contributed by atoms with van der Waals surface area (Å²) in [5.74, 6) is 0.213. The molecule has 1 aromatic carbocycles. The second-order valence-electron chi connectivity index (χ2n) is 6.14. The number of amides is 1. The molecule has 2 saturated heterocycles. The highest BCUT2D eigenvalue weighted by Gasteiger charge is 2.38. The average Bonchev–Trinajstić information content (AvgIpc) is 2.97. The van der Waals surface area contributed by atoms with E-state index in [4.69, 9.17) is 0 Å². The zero-order valence-corrected chi connectivity index (χ0v) is 15.8. The Labute approximate surface area is 151 Å². The van der Waals surface area contributed by atoms with Crippen molar-refractivity contribution in [2.45, 2.75) is 5.75 Å². The molecule has 0 aromatic heterocycles. The Morgan fingerprint density at radius 1 is 1.26 bits per heavy atom. The van der Waals surface area contributed by atoms with Crippen molar-refractivity contribution in [2.24, 2.45) is 11.8 Å². The molecule has 1 N–H and O–H groups in total. The van der Waals surface area contributed by atoms with E-state index < -0.39 is 15.6 Å². The van der Waals surface area contributed by atoms with Gasteiger partial charge in [-0.25, -0.2) is 8.42 Å². The first-order chi connectivity index (χ1) is 10.4. The van der Waals surface area contributed by atoms with Crippen LogP contribution in [0.1, 0.15) is 5.56 Å². The van der Waals surface area contributed by atoms with E-state index in [9.17, 15) is 13.2 Å². The quantitative estimate of drug-likeness (QED) is 0.796. The van der Waals surface area contributed by atoms with Gasteiger partial charge in [0.2, 0.25) is 5.91 Å². The summed E-state index contributed by atoms with van der Waals surface area (Å²) in [5, 5.41) is 3.31. The van der Waals surface area contributed by atoms with Gasteiger partial charge >= 0.3 is 0 Å². The number of rotatable bonds is 4. The minimum atomic E-state index is -3.44. The van der Waals surface area contributed by atoms with Crippen LogP contribution in [0.15, 0.2) is 28.7 Å². The van der Waals surface area contributed by atoms with Crippen LogP contribution in [0.5, 0.6) is 0 Å². The highest BCUT2D eigenvalue weighted by atomic mass is 79.9. The maximum absolute atomic E-state index is 12.3. The summed E-state index contributed by atoms with van der Waals surface area (Å²) in [6.07, 6.45) is 0. The van der Waals surface area contributed by atoms with Crippen LogP contribution in [-0.4, -0.2) is 51.2 Å². The lowest BCUT2D eigenvalue weighted by Gasteiger charge is -2.17. The van der Waals surface area contributed by atoms with Gasteiger partial charge in [0, 0.05) is 30.7 Å². The highest BCUT2D eigenvalue weighted by molar-refractivity contribution is 9.10. The number of likely N-dealkylation sites (tertiary alicyclic amines) is 1. The molecule has 128 valence electrons. The number of nitrogens with zero attached hydrogens (tertiary/aromatic N) is 1. The van der Waals surface area contributed by atoms with Crippen molar-refractivity contribution in [3.05, 3.63) is 34.3 Å². The predicted octanol–water partition coefficient (Wildman–Crippen LogP) is 1.46. The lowest BCUT2D eigenvalue weighted by molar-refractivity contribution is -0.127. The van der Waals surface area contributed by atoms with E-state index in [1.165, 1.54) is 0 Å². The van der Waals surface area contributed by atoms with Crippen LogP contribution >= 0.6 is 28.3 Å². The van der Waals surface area contributed by atoms with Gasteiger partial charge in [0.05, 0.1) is 5.75 Å². The molecule has 0 aliphatic carbocycles. The molecule has 2 fully saturated rings. The molecule has 5 nitrogen and oxygen atoms in total. The fraction of sp³-hybridized carbons (Fsp3) is 0.533. The fourth-order valence-corrected chi connectivity index (χ4v) is 5.07. The van der Waals surface area contributed by atoms with Gasteiger partial charge < -0.3 is 10.2 Å². The maximum Gasteiger partial charge on any atom is 0.237 e. The summed E-state index contributed by atoms with van der Waals surface area (Å²) >= 11 is 3.33. The third-order valence-electron chi connectivity index (χ3n) is 4.36. The second-order valence-corrected chi connectivity index (χ2v) is 9.12. The Bertz CT molecular complexity index is 671. The summed E-state index contributed by atoms with van der Waals surface area (Å²) < 4.78 is 25.3. The van der Waals surface area contributed by atoms with E-state index in [-0.39, 0.29) is 24.1 Å². The van der Waals surface area contributed by atoms with Crippen LogP contribution < -0.4 is 5.32 Å². The number of sulfone groups is 1. The standard InChI is InChI=1S/C15H19BrN2O3S.ClH/c16-14-3-1-2-11(4-14)9-22(20,21)10-15(19)18-7-12-5-17-6-13(12)8-18;/h1-4,12-13,17H,5-10H2;1H/t12-,13+;. The van der Waals surface area contributed by atoms with Crippen LogP contribution in [0.3, 0.4) is 0 Å². The van der Waals surface area contributed by atoms with Gasteiger partial charge in [0.15, 0.2) is 9.84 Å². The molecule has 1 amide bonds. The number of fused-ring (bicyclic) bond motifs is 1. The molecule has 0 bridgehead atoms. The Morgan fingerprint density at radius 3 is 2.52 bits per heavy atom. The largest absolute Gasteiger partial charge is 0.341 e. The Hall–Kier alpha value is -0.630. The number of hydrogen-bond donors (Lipinski definition) is 1. The number of carbonyl (C=O) groups excluding carboxylic acids is 1. The van der Waals surface area contributed by atoms with Gasteiger partial charge in [-0.05, 0) is 29.5 Å². The lowest BCUT2D eigenvalue weighted by Crippen LogP contribution is -2.36. The average molecular weight is 424 g/mol. The summed E-state index contributed by atoms with van der Waals surface area (Å²) in [5.41, 5.74) is 0.699. The van der Waals surface area contributed by atoms with Crippen molar-refractivity contribution < 1.29 is 13.2 Å². The normalized spacial score (nSPS) is 23.4. The SMILES string of the molecule is Cl.O=C(CS(=O)(=O)Cc1cccc(Br)c1)N1C[C@H]2CNC[C@H]2C1. The minimum Gasteiger partial charge on any atom is -0.341 e. The van der Waals surface area contributed by atoms with Crippen LogP contribution in [0, 0.1) is 11.8 Å². The zero-order valence-electron chi connectivity index (χ0n) is 12.6. The smallest absolute Gasteiger partial charge is 0.237 e. The molecular formula is C15H20BrClN2O3S. The zero-order chi connectivity index (χ0) is 15.7. The minimum absolute atomic E-state index is 0. The Balaban J connectivity index is 0.00000192. The van der Waals surface area contributed by atoms with Crippen molar-refractivity contribution >= 4 is 44.1 Å². The van der Waals surface area contributed by atoms with Crippen molar-refractivity contribution in [2.75, 3.05) is 31.9 Å². The molecule has 0 spiro atoms. The number of benzene rings is 1. The first-order valence-electron chi connectivity index (χ1n) is 7.36. The van der Waals surface area contributed by atoms with Crippen molar-refractivity contribution in [3.8, 4) is 0 Å². The summed E-state index contributed by atoms with van der Waals surface area (Å²) in [6, 6.07) is 7.18. The summed E-state index contributed by atoms with van der Waals surface area (Å²) in [6.45, 7) is 3.23. The Morgan fingerprint density at radius 2 is 1.91 bits per heavy atom. The number of carbonyl (C=O) groups is 1. The molecular weight excluding hydrogens is 404 g/mol. The van der Waals surface area contributed by atoms with Gasteiger partial charge in [-0.2, -0.15) is 0 Å². The molecule has 2 atom stereocenters. The summed E-state index contributed by atoms with van der Waals surface area (Å²) in [7, 11) is -3.44. The molecule has 0 saturated carbocycles. The van der Waals surface area contributed by atoms with Gasteiger partial charge in [-0.3, -0.25) is 4.79 Å². The number of halogens is 2. The van der Waals surface area contributed by atoms with Crippen molar-refractivity contribution in [1.82, 2.24) is 10.2 Å². The number of hydrogen-bond acceptors (Lipinski definition) is 4. The molecule has 8 heteroatoms. The molecule has 0 unspecified atom stereocenters. The van der Waals surface area contributed by atoms with Crippen LogP contribution in [0.25, 0.3) is 0 Å². The van der Waals surface area contributed by atoms with Crippen molar-refractivity contribution in [1.29, 1.82) is 0 Å². The monoisotopic (exact) mass is 422 g/mol. The highest BCUT2D eigenvalue weighted by Crippen LogP contribution is 2.26. The van der Waals surface area contributed by atoms with E-state index in [1.807, 2.05) is 6.07 Å². The van der Waals surface area contributed by atoms with E-state index in [1.54, 1.807) is 23.1 Å². The molecule has 3 rings (SSSR count). The molecule has 2 heterocycles. The fourth-order valence-electron chi connectivity index (χ4n) is 3.27. The van der Waals surface area contributed by atoms with E-state index in [0.29, 0.717) is 30.5 Å². The van der Waals surface area contributed by atoms with E-state index in [0.717, 1.165) is 17.6 Å². The van der Waals surface area contributed by atoms with E-state index >= 15 is 0 Å². The molecule has 1 aromatic rings. The molecule has 2 aliphatic heterocycles. The number of nitrogens with one attached hydrogen (secondary N) is 1. The third kappa shape index (κ3) is 4.68. The first kappa shape index (κ1) is 18.7. The molecule has 2 aliphatic rings. The van der Waals surface area contributed by atoms with Gasteiger partial charge in [0.25, 0.3) is 0 Å². The lowest BCUT2D eigenvalue weighted by atomic mass is 10.0. The molecule has 23 heavy (non-hydrogen) atoms.